The summed E-state index contributed by atoms with van der Waals surface area (Å²) in [6.45, 7) is 4.37. The van der Waals surface area contributed by atoms with Gasteiger partial charge >= 0.3 is 0 Å². The summed E-state index contributed by atoms with van der Waals surface area (Å²) < 4.78 is 5.17. The van der Waals surface area contributed by atoms with Gasteiger partial charge in [0.05, 0.1) is 17.6 Å². The molecule has 0 aromatic carbocycles. The lowest BCUT2D eigenvalue weighted by molar-refractivity contribution is 0.424. The van der Waals surface area contributed by atoms with Gasteiger partial charge in [0, 0.05) is 0 Å². The van der Waals surface area contributed by atoms with Crippen molar-refractivity contribution in [2.75, 3.05) is 11.5 Å². The third-order valence-corrected chi connectivity index (χ3v) is 3.52. The minimum Gasteiger partial charge on any atom is -0.397 e. The molecule has 0 radical (unpaired) electrons. The predicted molar refractivity (Wildman–Crippen MR) is 72.9 cm³/mol. The Labute approximate surface area is 110 Å². The van der Waals surface area contributed by atoms with Gasteiger partial charge < -0.3 is 10.3 Å². The number of hydrogen-bond acceptors (Lipinski definition) is 6. The lowest BCUT2D eigenvalue weighted by Gasteiger charge is -2.00. The number of nitrogens with zero attached hydrogens (tertiary/aromatic N) is 3. The van der Waals surface area contributed by atoms with Gasteiger partial charge in [-0.2, -0.15) is 16.7 Å². The van der Waals surface area contributed by atoms with Crippen molar-refractivity contribution >= 4 is 17.4 Å². The second kappa shape index (κ2) is 5.86. The first kappa shape index (κ1) is 12.9. The van der Waals surface area contributed by atoms with E-state index in [0.29, 0.717) is 29.0 Å². The summed E-state index contributed by atoms with van der Waals surface area (Å²) in [6, 6.07) is 3.54. The number of thioether (sulfide) groups is 1. The van der Waals surface area contributed by atoms with Gasteiger partial charge in [-0.15, -0.1) is 0 Å². The largest absolute Gasteiger partial charge is 0.397 e. The van der Waals surface area contributed by atoms with Crippen molar-refractivity contribution < 1.29 is 4.52 Å². The minimum atomic E-state index is 0.440. The Balaban J connectivity index is 1.99. The Morgan fingerprint density at radius 2 is 2.22 bits per heavy atom. The SMILES string of the molecule is CC(C)CSCc1noc(-c2ccc(N)cn2)n1. The van der Waals surface area contributed by atoms with E-state index in [2.05, 4.69) is 29.0 Å². The van der Waals surface area contributed by atoms with Crippen molar-refractivity contribution in [2.24, 2.45) is 5.92 Å². The maximum absolute atomic E-state index is 5.57. The highest BCUT2D eigenvalue weighted by Crippen LogP contribution is 2.18. The summed E-state index contributed by atoms with van der Waals surface area (Å²) in [4.78, 5) is 8.45. The third-order valence-electron chi connectivity index (χ3n) is 2.16. The first-order valence-electron chi connectivity index (χ1n) is 5.77. The van der Waals surface area contributed by atoms with Gasteiger partial charge in [-0.1, -0.05) is 19.0 Å². The third kappa shape index (κ3) is 3.46. The van der Waals surface area contributed by atoms with E-state index in [1.165, 1.54) is 0 Å². The van der Waals surface area contributed by atoms with Gasteiger partial charge in [0.1, 0.15) is 5.69 Å². The smallest absolute Gasteiger partial charge is 0.276 e. The van der Waals surface area contributed by atoms with Crippen molar-refractivity contribution in [3.05, 3.63) is 24.2 Å². The number of nitrogen functional groups attached to an aromatic ring is 1. The highest BCUT2D eigenvalue weighted by Gasteiger charge is 2.09. The maximum atomic E-state index is 5.57. The maximum Gasteiger partial charge on any atom is 0.276 e. The molecule has 0 fully saturated rings. The summed E-state index contributed by atoms with van der Waals surface area (Å²) in [7, 11) is 0. The zero-order valence-corrected chi connectivity index (χ0v) is 11.3. The average Bonchev–Trinajstić information content (AvgIpc) is 2.78. The van der Waals surface area contributed by atoms with Crippen LogP contribution in [0.3, 0.4) is 0 Å². The van der Waals surface area contributed by atoms with Crippen LogP contribution in [0.5, 0.6) is 0 Å². The molecule has 0 spiro atoms. The van der Waals surface area contributed by atoms with Crippen molar-refractivity contribution in [1.82, 2.24) is 15.1 Å². The first-order chi connectivity index (χ1) is 8.65. The van der Waals surface area contributed by atoms with E-state index in [-0.39, 0.29) is 0 Å². The number of anilines is 1. The molecule has 2 rings (SSSR count). The van der Waals surface area contributed by atoms with Gasteiger partial charge in [-0.25, -0.2) is 4.98 Å². The molecule has 18 heavy (non-hydrogen) atoms. The van der Waals surface area contributed by atoms with Crippen LogP contribution in [0.15, 0.2) is 22.9 Å². The first-order valence-corrected chi connectivity index (χ1v) is 6.93. The number of rotatable bonds is 5. The topological polar surface area (TPSA) is 77.8 Å². The molecular weight excluding hydrogens is 248 g/mol. The zero-order chi connectivity index (χ0) is 13.0. The quantitative estimate of drug-likeness (QED) is 0.894. The second-order valence-electron chi connectivity index (χ2n) is 4.40. The van der Waals surface area contributed by atoms with E-state index in [0.717, 1.165) is 11.5 Å². The van der Waals surface area contributed by atoms with Crippen molar-refractivity contribution in [2.45, 2.75) is 19.6 Å². The second-order valence-corrected chi connectivity index (χ2v) is 5.43. The van der Waals surface area contributed by atoms with Gasteiger partial charge in [0.15, 0.2) is 5.82 Å². The van der Waals surface area contributed by atoms with E-state index in [4.69, 9.17) is 10.3 Å². The molecule has 0 amide bonds. The average molecular weight is 264 g/mol. The van der Waals surface area contributed by atoms with Crippen LogP contribution >= 0.6 is 11.8 Å². The summed E-state index contributed by atoms with van der Waals surface area (Å²) in [5, 5.41) is 3.93. The molecule has 2 aromatic heterocycles. The summed E-state index contributed by atoms with van der Waals surface area (Å²) in [6.07, 6.45) is 1.58. The molecule has 2 heterocycles. The Bertz CT molecular complexity index is 495. The molecule has 96 valence electrons. The molecule has 6 heteroatoms. The summed E-state index contributed by atoms with van der Waals surface area (Å²) in [5.74, 6) is 3.66. The highest BCUT2D eigenvalue weighted by atomic mass is 32.2. The number of hydrogen-bond donors (Lipinski definition) is 1. The minimum absolute atomic E-state index is 0.440. The molecule has 0 aliphatic rings. The Hall–Kier alpha value is -1.56. The Morgan fingerprint density at radius 3 is 2.89 bits per heavy atom. The van der Waals surface area contributed by atoms with Crippen LogP contribution in [-0.4, -0.2) is 20.9 Å². The molecular formula is C12H16N4OS. The highest BCUT2D eigenvalue weighted by molar-refractivity contribution is 7.98. The number of nitrogens with two attached hydrogens (primary N) is 1. The normalized spacial score (nSPS) is 11.1. The van der Waals surface area contributed by atoms with E-state index >= 15 is 0 Å². The van der Waals surface area contributed by atoms with E-state index < -0.39 is 0 Å². The van der Waals surface area contributed by atoms with E-state index in [9.17, 15) is 0 Å². The zero-order valence-electron chi connectivity index (χ0n) is 10.5. The fourth-order valence-electron chi connectivity index (χ4n) is 1.33. The molecule has 0 saturated carbocycles. The molecule has 0 saturated heterocycles. The molecule has 0 bridgehead atoms. The van der Waals surface area contributed by atoms with E-state index in [1.807, 2.05) is 0 Å². The van der Waals surface area contributed by atoms with Crippen molar-refractivity contribution in [3.8, 4) is 11.6 Å². The lowest BCUT2D eigenvalue weighted by atomic mass is 10.3. The van der Waals surface area contributed by atoms with Crippen molar-refractivity contribution in [3.63, 3.8) is 0 Å². The van der Waals surface area contributed by atoms with Gasteiger partial charge in [-0.3, -0.25) is 0 Å². The van der Waals surface area contributed by atoms with Gasteiger partial charge in [0.25, 0.3) is 5.89 Å². The van der Waals surface area contributed by atoms with Crippen LogP contribution in [0.2, 0.25) is 0 Å². The van der Waals surface area contributed by atoms with Crippen LogP contribution in [0.4, 0.5) is 5.69 Å². The lowest BCUT2D eigenvalue weighted by Crippen LogP contribution is -1.93. The molecule has 0 atom stereocenters. The summed E-state index contributed by atoms with van der Waals surface area (Å²) >= 11 is 1.80. The number of pyridine rings is 1. The molecule has 0 aliphatic carbocycles. The van der Waals surface area contributed by atoms with Crippen LogP contribution < -0.4 is 5.73 Å². The van der Waals surface area contributed by atoms with Crippen LogP contribution in [0, 0.1) is 5.92 Å². The fourth-order valence-corrected chi connectivity index (χ4v) is 2.22. The molecule has 5 nitrogen and oxygen atoms in total. The van der Waals surface area contributed by atoms with Crippen LogP contribution in [-0.2, 0) is 5.75 Å². The number of aromatic nitrogens is 3. The van der Waals surface area contributed by atoms with Gasteiger partial charge in [0.2, 0.25) is 0 Å². The van der Waals surface area contributed by atoms with Gasteiger partial charge in [-0.05, 0) is 23.8 Å². The predicted octanol–water partition coefficient (Wildman–Crippen LogP) is 2.60. The molecule has 0 aliphatic heterocycles. The Kier molecular flexibility index (Phi) is 4.19. The standard InChI is InChI=1S/C12H16N4OS/c1-8(2)6-18-7-11-15-12(17-16-11)10-4-3-9(13)5-14-10/h3-5,8H,6-7,13H2,1-2H3. The molecule has 2 aromatic rings. The van der Waals surface area contributed by atoms with Crippen LogP contribution in [0.1, 0.15) is 19.7 Å². The Morgan fingerprint density at radius 1 is 1.39 bits per heavy atom. The molecule has 0 unspecified atom stereocenters. The molecule has 2 N–H and O–H groups in total. The van der Waals surface area contributed by atoms with E-state index in [1.54, 1.807) is 30.1 Å². The summed E-state index contributed by atoms with van der Waals surface area (Å²) in [5.41, 5.74) is 6.84. The van der Waals surface area contributed by atoms with Crippen LogP contribution in [0.25, 0.3) is 11.6 Å². The fraction of sp³-hybridized carbons (Fsp3) is 0.417. The monoisotopic (exact) mass is 264 g/mol. The van der Waals surface area contributed by atoms with Crippen molar-refractivity contribution in [1.29, 1.82) is 0 Å².